The number of aromatic nitrogens is 1. The summed E-state index contributed by atoms with van der Waals surface area (Å²) in [5.41, 5.74) is 0.982. The van der Waals surface area contributed by atoms with Crippen molar-refractivity contribution in [1.82, 2.24) is 15.2 Å². The number of rotatable bonds is 3. The first-order valence-corrected chi connectivity index (χ1v) is 6.50. The SMILES string of the molecule is CC1NC(=O)C(C(C)C)N(Cc2ccncc2)C1=O. The minimum atomic E-state index is -0.454. The highest BCUT2D eigenvalue weighted by atomic mass is 16.2. The first-order chi connectivity index (χ1) is 9.00. The number of hydrogen-bond donors (Lipinski definition) is 1. The third kappa shape index (κ3) is 2.75. The number of hydrogen-bond acceptors (Lipinski definition) is 3. The molecule has 0 aliphatic carbocycles. The predicted molar refractivity (Wildman–Crippen MR) is 71.0 cm³/mol. The van der Waals surface area contributed by atoms with Gasteiger partial charge in [-0.05, 0) is 30.5 Å². The van der Waals surface area contributed by atoms with E-state index in [0.717, 1.165) is 5.56 Å². The standard InChI is InChI=1S/C14H19N3O2/c1-9(2)12-13(18)16-10(3)14(19)17(12)8-11-4-6-15-7-5-11/h4-7,9-10,12H,8H2,1-3H3,(H,16,18). The first kappa shape index (κ1) is 13.5. The summed E-state index contributed by atoms with van der Waals surface area (Å²) in [6.07, 6.45) is 3.38. The number of amides is 2. The van der Waals surface area contributed by atoms with E-state index in [4.69, 9.17) is 0 Å². The number of carbonyl (C=O) groups excluding carboxylic acids is 2. The maximum absolute atomic E-state index is 12.3. The van der Waals surface area contributed by atoms with E-state index in [1.165, 1.54) is 0 Å². The largest absolute Gasteiger partial charge is 0.343 e. The van der Waals surface area contributed by atoms with Crippen LogP contribution in [0, 0.1) is 5.92 Å². The van der Waals surface area contributed by atoms with Crippen molar-refractivity contribution in [2.75, 3.05) is 0 Å². The molecular weight excluding hydrogens is 242 g/mol. The van der Waals surface area contributed by atoms with Gasteiger partial charge in [0.1, 0.15) is 12.1 Å². The maximum atomic E-state index is 12.3. The number of nitrogens with zero attached hydrogens (tertiary/aromatic N) is 2. The van der Waals surface area contributed by atoms with E-state index in [1.54, 1.807) is 24.2 Å². The lowest BCUT2D eigenvalue weighted by atomic mass is 9.97. The Hall–Kier alpha value is -1.91. The van der Waals surface area contributed by atoms with Crippen LogP contribution in [0.2, 0.25) is 0 Å². The van der Waals surface area contributed by atoms with Crippen LogP contribution < -0.4 is 5.32 Å². The van der Waals surface area contributed by atoms with Crippen LogP contribution in [0.15, 0.2) is 24.5 Å². The molecule has 1 saturated heterocycles. The Balaban J connectivity index is 2.26. The van der Waals surface area contributed by atoms with Gasteiger partial charge in [-0.15, -0.1) is 0 Å². The zero-order chi connectivity index (χ0) is 14.0. The molecule has 19 heavy (non-hydrogen) atoms. The van der Waals surface area contributed by atoms with Crippen LogP contribution in [0.25, 0.3) is 0 Å². The Morgan fingerprint density at radius 1 is 1.32 bits per heavy atom. The maximum Gasteiger partial charge on any atom is 0.245 e. The smallest absolute Gasteiger partial charge is 0.245 e. The zero-order valence-electron chi connectivity index (χ0n) is 11.5. The molecule has 1 aromatic heterocycles. The van der Waals surface area contributed by atoms with E-state index in [1.807, 2.05) is 26.0 Å². The van der Waals surface area contributed by atoms with Gasteiger partial charge in [-0.3, -0.25) is 14.6 Å². The van der Waals surface area contributed by atoms with Crippen molar-refractivity contribution in [3.63, 3.8) is 0 Å². The van der Waals surface area contributed by atoms with Crippen molar-refractivity contribution in [2.24, 2.45) is 5.92 Å². The normalized spacial score (nSPS) is 23.7. The third-order valence-electron chi connectivity index (χ3n) is 3.35. The molecule has 2 heterocycles. The second-order valence-electron chi connectivity index (χ2n) is 5.24. The number of pyridine rings is 1. The average molecular weight is 261 g/mol. The number of carbonyl (C=O) groups is 2. The number of piperazine rings is 1. The van der Waals surface area contributed by atoms with Crippen molar-refractivity contribution >= 4 is 11.8 Å². The quantitative estimate of drug-likeness (QED) is 0.881. The van der Waals surface area contributed by atoms with Gasteiger partial charge in [0.25, 0.3) is 0 Å². The van der Waals surface area contributed by atoms with Gasteiger partial charge in [0.05, 0.1) is 0 Å². The summed E-state index contributed by atoms with van der Waals surface area (Å²) in [6.45, 7) is 6.07. The van der Waals surface area contributed by atoms with Crippen molar-refractivity contribution in [3.05, 3.63) is 30.1 Å². The molecule has 1 N–H and O–H groups in total. The van der Waals surface area contributed by atoms with Crippen LogP contribution in [0.5, 0.6) is 0 Å². The highest BCUT2D eigenvalue weighted by Crippen LogP contribution is 2.20. The molecule has 1 aliphatic heterocycles. The van der Waals surface area contributed by atoms with Crippen molar-refractivity contribution in [3.8, 4) is 0 Å². The molecule has 0 saturated carbocycles. The van der Waals surface area contributed by atoms with Crippen molar-refractivity contribution in [1.29, 1.82) is 0 Å². The summed E-state index contributed by atoms with van der Waals surface area (Å²) in [4.78, 5) is 30.0. The molecule has 0 aromatic carbocycles. The average Bonchev–Trinajstić information content (AvgIpc) is 2.36. The van der Waals surface area contributed by atoms with E-state index in [-0.39, 0.29) is 17.7 Å². The fraction of sp³-hybridized carbons (Fsp3) is 0.500. The van der Waals surface area contributed by atoms with E-state index >= 15 is 0 Å². The lowest BCUT2D eigenvalue weighted by Crippen LogP contribution is -2.63. The van der Waals surface area contributed by atoms with Crippen molar-refractivity contribution in [2.45, 2.75) is 39.4 Å². The van der Waals surface area contributed by atoms with Gasteiger partial charge in [0, 0.05) is 18.9 Å². The second-order valence-corrected chi connectivity index (χ2v) is 5.24. The Bertz CT molecular complexity index is 473. The van der Waals surface area contributed by atoms with Crippen LogP contribution in [0.4, 0.5) is 0 Å². The molecule has 1 aliphatic rings. The predicted octanol–water partition coefficient (Wildman–Crippen LogP) is 0.953. The van der Waals surface area contributed by atoms with Gasteiger partial charge in [0.2, 0.25) is 11.8 Å². The Labute approximate surface area is 113 Å². The molecule has 5 nitrogen and oxygen atoms in total. The van der Waals surface area contributed by atoms with Crippen LogP contribution >= 0.6 is 0 Å². The number of nitrogens with one attached hydrogen (secondary N) is 1. The first-order valence-electron chi connectivity index (χ1n) is 6.50. The van der Waals surface area contributed by atoms with E-state index in [9.17, 15) is 9.59 Å². The van der Waals surface area contributed by atoms with Gasteiger partial charge in [-0.2, -0.15) is 0 Å². The summed E-state index contributed by atoms with van der Waals surface area (Å²) < 4.78 is 0. The Kier molecular flexibility index (Phi) is 3.83. The van der Waals surface area contributed by atoms with Crippen molar-refractivity contribution < 1.29 is 9.59 Å². The van der Waals surface area contributed by atoms with Crippen LogP contribution in [-0.4, -0.2) is 33.8 Å². The van der Waals surface area contributed by atoms with E-state index < -0.39 is 12.1 Å². The topological polar surface area (TPSA) is 62.3 Å². The molecule has 2 atom stereocenters. The van der Waals surface area contributed by atoms with Gasteiger partial charge in [-0.25, -0.2) is 0 Å². The highest BCUT2D eigenvalue weighted by Gasteiger charge is 2.39. The fourth-order valence-corrected chi connectivity index (χ4v) is 2.41. The van der Waals surface area contributed by atoms with E-state index in [2.05, 4.69) is 10.3 Å². The zero-order valence-corrected chi connectivity index (χ0v) is 11.5. The molecule has 5 heteroatoms. The molecule has 2 amide bonds. The fourth-order valence-electron chi connectivity index (χ4n) is 2.41. The van der Waals surface area contributed by atoms with Gasteiger partial charge < -0.3 is 10.2 Å². The minimum Gasteiger partial charge on any atom is -0.343 e. The molecule has 1 fully saturated rings. The molecule has 2 unspecified atom stereocenters. The molecule has 102 valence electrons. The Morgan fingerprint density at radius 3 is 2.53 bits per heavy atom. The summed E-state index contributed by atoms with van der Waals surface area (Å²) >= 11 is 0. The second kappa shape index (κ2) is 5.38. The molecule has 0 radical (unpaired) electrons. The van der Waals surface area contributed by atoms with Crippen LogP contribution in [0.1, 0.15) is 26.3 Å². The van der Waals surface area contributed by atoms with Crippen LogP contribution in [-0.2, 0) is 16.1 Å². The monoisotopic (exact) mass is 261 g/mol. The lowest BCUT2D eigenvalue weighted by molar-refractivity contribution is -0.151. The van der Waals surface area contributed by atoms with Crippen LogP contribution in [0.3, 0.4) is 0 Å². The Morgan fingerprint density at radius 2 is 1.95 bits per heavy atom. The molecule has 2 rings (SSSR count). The molecule has 0 spiro atoms. The van der Waals surface area contributed by atoms with E-state index in [0.29, 0.717) is 6.54 Å². The minimum absolute atomic E-state index is 0.0323. The highest BCUT2D eigenvalue weighted by molar-refractivity contribution is 5.96. The molecular formula is C14H19N3O2. The lowest BCUT2D eigenvalue weighted by Gasteiger charge is -2.39. The molecule has 1 aromatic rings. The van der Waals surface area contributed by atoms with Gasteiger partial charge >= 0.3 is 0 Å². The summed E-state index contributed by atoms with van der Waals surface area (Å²) in [6, 6.07) is 2.87. The summed E-state index contributed by atoms with van der Waals surface area (Å²) in [7, 11) is 0. The summed E-state index contributed by atoms with van der Waals surface area (Å²) in [5, 5.41) is 2.73. The van der Waals surface area contributed by atoms with Gasteiger partial charge in [-0.1, -0.05) is 13.8 Å². The third-order valence-corrected chi connectivity index (χ3v) is 3.35. The summed E-state index contributed by atoms with van der Waals surface area (Å²) in [5.74, 6) is -0.0236. The van der Waals surface area contributed by atoms with Gasteiger partial charge in [0.15, 0.2) is 0 Å². The molecule has 0 bridgehead atoms.